The van der Waals surface area contributed by atoms with Crippen LogP contribution in [0.15, 0.2) is 60.7 Å². The summed E-state index contributed by atoms with van der Waals surface area (Å²) in [5.74, 6) is -1.62. The summed E-state index contributed by atoms with van der Waals surface area (Å²) in [6, 6.07) is 18.4. The van der Waals surface area contributed by atoms with Gasteiger partial charge in [-0.15, -0.1) is 0 Å². The molecule has 0 aromatic heterocycles. The molecular formula is C25H26F2. The van der Waals surface area contributed by atoms with Gasteiger partial charge < -0.3 is 0 Å². The van der Waals surface area contributed by atoms with Crippen LogP contribution in [0.25, 0.3) is 22.4 Å². The predicted octanol–water partition coefficient (Wildman–Crippen LogP) is 7.90. The molecule has 0 aliphatic rings. The molecule has 0 atom stereocenters. The van der Waals surface area contributed by atoms with Gasteiger partial charge in [0.25, 0.3) is 0 Å². The lowest BCUT2D eigenvalue weighted by molar-refractivity contribution is 0.699. The second kappa shape index (κ2) is 8.94. The van der Waals surface area contributed by atoms with Crippen molar-refractivity contribution in [3.05, 3.63) is 82.9 Å². The van der Waals surface area contributed by atoms with Crippen LogP contribution in [0.5, 0.6) is 0 Å². The summed E-state index contributed by atoms with van der Waals surface area (Å²) in [6.45, 7) is 4.27. The van der Waals surface area contributed by atoms with Crippen molar-refractivity contribution in [1.82, 2.24) is 0 Å². The normalized spacial score (nSPS) is 12.3. The maximum absolute atomic E-state index is 14.7. The number of fused-ring (bicyclic) bond motifs is 1. The molecule has 0 aliphatic heterocycles. The number of hydrogen-bond acceptors (Lipinski definition) is 0. The molecule has 3 rings (SSSR count). The molecule has 0 heterocycles. The van der Waals surface area contributed by atoms with E-state index in [0.29, 0.717) is 0 Å². The molecule has 0 saturated heterocycles. The summed E-state index contributed by atoms with van der Waals surface area (Å²) in [5, 5.41) is 1.96. The van der Waals surface area contributed by atoms with Gasteiger partial charge in [0.05, 0.1) is 0 Å². The first-order valence-corrected chi connectivity index (χ1v) is 9.80. The van der Waals surface area contributed by atoms with E-state index in [2.05, 4.69) is 19.9 Å². The molecule has 0 spiro atoms. The monoisotopic (exact) mass is 364 g/mol. The molecule has 0 unspecified atom stereocenters. The molecule has 0 radical (unpaired) electrons. The largest absolute Gasteiger partial charge is 0.203 e. The highest BCUT2D eigenvalue weighted by Gasteiger charge is 2.12. The van der Waals surface area contributed by atoms with E-state index in [-0.39, 0.29) is 11.1 Å². The van der Waals surface area contributed by atoms with E-state index in [0.717, 1.165) is 35.6 Å². The first-order valence-electron chi connectivity index (χ1n) is 9.80. The van der Waals surface area contributed by atoms with Crippen LogP contribution < -0.4 is 0 Å². The van der Waals surface area contributed by atoms with Gasteiger partial charge >= 0.3 is 0 Å². The zero-order valence-electron chi connectivity index (χ0n) is 16.1. The number of unbranched alkanes of at least 4 members (excludes halogenated alkanes) is 2. The van der Waals surface area contributed by atoms with Crippen LogP contribution >= 0.6 is 0 Å². The van der Waals surface area contributed by atoms with E-state index in [9.17, 15) is 8.78 Å². The highest BCUT2D eigenvalue weighted by Crippen LogP contribution is 2.31. The van der Waals surface area contributed by atoms with E-state index in [1.165, 1.54) is 18.4 Å². The smallest absolute Gasteiger partial charge is 0.166 e. The minimum Gasteiger partial charge on any atom is -0.203 e. The summed E-state index contributed by atoms with van der Waals surface area (Å²) in [7, 11) is 0. The molecule has 0 aliphatic carbocycles. The van der Waals surface area contributed by atoms with Crippen molar-refractivity contribution in [2.45, 2.75) is 46.0 Å². The predicted molar refractivity (Wildman–Crippen MR) is 112 cm³/mol. The summed E-state index contributed by atoms with van der Waals surface area (Å²) < 4.78 is 29.4. The minimum absolute atomic E-state index is 0.274. The summed E-state index contributed by atoms with van der Waals surface area (Å²) >= 11 is 0. The Labute approximate surface area is 160 Å². The molecule has 2 heteroatoms. The number of aryl methyl sites for hydroxylation is 2. The fourth-order valence-corrected chi connectivity index (χ4v) is 3.30. The minimum atomic E-state index is -0.810. The quantitative estimate of drug-likeness (QED) is 0.295. The first kappa shape index (κ1) is 19.3. The van der Waals surface area contributed by atoms with Gasteiger partial charge in [0.15, 0.2) is 11.7 Å². The molecule has 0 nitrogen and oxygen atoms in total. The van der Waals surface area contributed by atoms with E-state index in [1.54, 1.807) is 24.3 Å². The highest BCUT2D eigenvalue weighted by molar-refractivity contribution is 5.90. The zero-order valence-corrected chi connectivity index (χ0v) is 16.1. The van der Waals surface area contributed by atoms with Gasteiger partial charge in [-0.1, -0.05) is 81.3 Å². The van der Waals surface area contributed by atoms with Crippen LogP contribution in [0.3, 0.4) is 0 Å². The van der Waals surface area contributed by atoms with Gasteiger partial charge in [0.2, 0.25) is 0 Å². The SMILES string of the molecule is CCCCCc1ccc(C(F)=C(F)c2ccc3cc(CC)ccc3c2)cc1. The lowest BCUT2D eigenvalue weighted by atomic mass is 10.0. The third kappa shape index (κ3) is 4.63. The molecule has 0 fully saturated rings. The lowest BCUT2D eigenvalue weighted by Crippen LogP contribution is -1.89. The fraction of sp³-hybridized carbons (Fsp3) is 0.280. The Hall–Kier alpha value is -2.48. The van der Waals surface area contributed by atoms with Gasteiger partial charge in [-0.05, 0) is 47.2 Å². The Balaban J connectivity index is 1.85. The molecule has 3 aromatic rings. The lowest BCUT2D eigenvalue weighted by Gasteiger charge is -2.07. The van der Waals surface area contributed by atoms with Crippen molar-refractivity contribution in [2.75, 3.05) is 0 Å². The average Bonchev–Trinajstić information content (AvgIpc) is 2.72. The molecule has 0 amide bonds. The maximum atomic E-state index is 14.7. The Morgan fingerprint density at radius 2 is 1.26 bits per heavy atom. The van der Waals surface area contributed by atoms with Crippen molar-refractivity contribution in [2.24, 2.45) is 0 Å². The van der Waals surface area contributed by atoms with Gasteiger partial charge in [-0.25, -0.2) is 8.78 Å². The number of rotatable bonds is 7. The second-order valence-electron chi connectivity index (χ2n) is 7.03. The Morgan fingerprint density at radius 1 is 0.667 bits per heavy atom. The van der Waals surface area contributed by atoms with Gasteiger partial charge in [0.1, 0.15) is 0 Å². The topological polar surface area (TPSA) is 0 Å². The molecule has 0 saturated carbocycles. The summed E-state index contributed by atoms with van der Waals surface area (Å²) in [5.41, 5.74) is 2.96. The van der Waals surface area contributed by atoms with Crippen molar-refractivity contribution in [3.63, 3.8) is 0 Å². The maximum Gasteiger partial charge on any atom is 0.166 e. The average molecular weight is 364 g/mol. The Morgan fingerprint density at radius 3 is 1.96 bits per heavy atom. The third-order valence-corrected chi connectivity index (χ3v) is 5.04. The number of benzene rings is 3. The summed E-state index contributed by atoms with van der Waals surface area (Å²) in [4.78, 5) is 0. The number of halogens is 2. The zero-order chi connectivity index (χ0) is 19.2. The van der Waals surface area contributed by atoms with Crippen LogP contribution in [0.2, 0.25) is 0 Å². The van der Waals surface area contributed by atoms with Crippen molar-refractivity contribution in [1.29, 1.82) is 0 Å². The molecular weight excluding hydrogens is 338 g/mol. The van der Waals surface area contributed by atoms with E-state index in [1.807, 2.05) is 30.3 Å². The molecule has 0 N–H and O–H groups in total. The van der Waals surface area contributed by atoms with Crippen LogP contribution in [0, 0.1) is 0 Å². The second-order valence-corrected chi connectivity index (χ2v) is 7.03. The summed E-state index contributed by atoms with van der Waals surface area (Å²) in [6.07, 6.45) is 5.42. The fourth-order valence-electron chi connectivity index (χ4n) is 3.30. The Kier molecular flexibility index (Phi) is 6.39. The Bertz CT molecular complexity index is 936. The van der Waals surface area contributed by atoms with Crippen LogP contribution in [-0.2, 0) is 12.8 Å². The number of hydrogen-bond donors (Lipinski definition) is 0. The molecule has 140 valence electrons. The third-order valence-electron chi connectivity index (χ3n) is 5.04. The van der Waals surface area contributed by atoms with E-state index >= 15 is 0 Å². The van der Waals surface area contributed by atoms with Crippen LogP contribution in [-0.4, -0.2) is 0 Å². The molecule has 0 bridgehead atoms. The van der Waals surface area contributed by atoms with Gasteiger partial charge in [-0.2, -0.15) is 0 Å². The molecule has 27 heavy (non-hydrogen) atoms. The van der Waals surface area contributed by atoms with Gasteiger partial charge in [-0.3, -0.25) is 0 Å². The van der Waals surface area contributed by atoms with Crippen LogP contribution in [0.4, 0.5) is 8.78 Å². The van der Waals surface area contributed by atoms with Gasteiger partial charge in [0, 0.05) is 11.1 Å². The first-order chi connectivity index (χ1) is 13.1. The molecule has 3 aromatic carbocycles. The van der Waals surface area contributed by atoms with Crippen molar-refractivity contribution < 1.29 is 8.78 Å². The van der Waals surface area contributed by atoms with Crippen molar-refractivity contribution in [3.8, 4) is 0 Å². The van der Waals surface area contributed by atoms with E-state index in [4.69, 9.17) is 0 Å². The standard InChI is InChI=1S/C25H26F2/c1-3-5-6-7-19-9-11-20(12-10-19)24(26)25(27)23-15-14-21-16-18(4-2)8-13-22(21)17-23/h8-17H,3-7H2,1-2H3. The van der Waals surface area contributed by atoms with Crippen LogP contribution in [0.1, 0.15) is 55.4 Å². The van der Waals surface area contributed by atoms with E-state index < -0.39 is 11.7 Å². The highest BCUT2D eigenvalue weighted by atomic mass is 19.2. The van der Waals surface area contributed by atoms with Crippen molar-refractivity contribution >= 4 is 22.4 Å².